The second-order valence-electron chi connectivity index (χ2n) is 8.51. The summed E-state index contributed by atoms with van der Waals surface area (Å²) in [6.45, 7) is 7.00. The first-order valence-electron chi connectivity index (χ1n) is 9.76. The second kappa shape index (κ2) is 6.60. The van der Waals surface area contributed by atoms with Gasteiger partial charge in [-0.05, 0) is 51.5 Å². The van der Waals surface area contributed by atoms with Crippen LogP contribution >= 0.6 is 0 Å². The van der Waals surface area contributed by atoms with E-state index in [0.29, 0.717) is 0 Å². The molecule has 4 rings (SSSR count). The Hall–Kier alpha value is -1.62. The van der Waals surface area contributed by atoms with Crippen molar-refractivity contribution in [1.29, 1.82) is 0 Å². The van der Waals surface area contributed by atoms with Crippen LogP contribution in [0.25, 0.3) is 0 Å². The number of H-pyrrole nitrogens is 1. The molecule has 3 fully saturated rings. The van der Waals surface area contributed by atoms with Crippen LogP contribution in [-0.2, 0) is 0 Å². The van der Waals surface area contributed by atoms with E-state index in [1.807, 2.05) is 11.8 Å². The summed E-state index contributed by atoms with van der Waals surface area (Å²) >= 11 is 0. The van der Waals surface area contributed by atoms with Crippen molar-refractivity contribution in [2.75, 3.05) is 32.7 Å². The Balaban J connectivity index is 1.42. The Morgan fingerprint density at radius 3 is 2.80 bits per heavy atom. The Morgan fingerprint density at radius 2 is 2.08 bits per heavy atom. The van der Waals surface area contributed by atoms with E-state index in [2.05, 4.69) is 9.88 Å². The summed E-state index contributed by atoms with van der Waals surface area (Å²) in [5.41, 5.74) is 1.15. The number of amides is 1. The van der Waals surface area contributed by atoms with Gasteiger partial charge in [-0.1, -0.05) is 6.42 Å². The van der Waals surface area contributed by atoms with Crippen LogP contribution in [0.5, 0.6) is 0 Å². The van der Waals surface area contributed by atoms with E-state index >= 15 is 0 Å². The predicted molar refractivity (Wildman–Crippen MR) is 97.8 cm³/mol. The molecule has 0 radical (unpaired) electrons. The van der Waals surface area contributed by atoms with Gasteiger partial charge in [-0.2, -0.15) is 0 Å². The zero-order valence-corrected chi connectivity index (χ0v) is 15.2. The van der Waals surface area contributed by atoms with Crippen LogP contribution in [-0.4, -0.2) is 53.4 Å². The maximum absolute atomic E-state index is 12.8. The average Bonchev–Trinajstić information content (AvgIpc) is 2.94. The number of hydrogen-bond donors (Lipinski definition) is 1. The van der Waals surface area contributed by atoms with E-state index in [9.17, 15) is 9.59 Å². The third-order valence-electron chi connectivity index (χ3n) is 6.49. The van der Waals surface area contributed by atoms with E-state index < -0.39 is 0 Å². The molecule has 136 valence electrons. The summed E-state index contributed by atoms with van der Waals surface area (Å²) in [6.07, 6.45) is 9.28. The highest BCUT2D eigenvalue weighted by atomic mass is 16.2. The molecule has 0 bridgehead atoms. The van der Waals surface area contributed by atoms with Crippen molar-refractivity contribution in [3.05, 3.63) is 33.7 Å². The van der Waals surface area contributed by atoms with Crippen molar-refractivity contribution in [1.82, 2.24) is 14.8 Å². The van der Waals surface area contributed by atoms with Gasteiger partial charge in [0.15, 0.2) is 5.43 Å². The van der Waals surface area contributed by atoms with Crippen molar-refractivity contribution in [3.8, 4) is 0 Å². The summed E-state index contributed by atoms with van der Waals surface area (Å²) in [7, 11) is 0. The fourth-order valence-corrected chi connectivity index (χ4v) is 4.86. The quantitative estimate of drug-likeness (QED) is 0.917. The fourth-order valence-electron chi connectivity index (χ4n) is 4.86. The molecule has 0 aromatic carbocycles. The summed E-state index contributed by atoms with van der Waals surface area (Å²) in [5.74, 6) is 0.801. The van der Waals surface area contributed by atoms with Crippen molar-refractivity contribution >= 4 is 5.91 Å². The first-order valence-corrected chi connectivity index (χ1v) is 9.76. The minimum atomic E-state index is -0.169. The molecule has 3 heterocycles. The SMILES string of the molecule is Cc1cc(=O)c(C(=O)N2CC[C@@]3(CCCN(CC4CCC4)C3)C2)c[nH]1. The average molecular weight is 343 g/mol. The maximum Gasteiger partial charge on any atom is 0.259 e. The molecule has 1 N–H and O–H groups in total. The molecule has 0 unspecified atom stereocenters. The number of pyridine rings is 1. The van der Waals surface area contributed by atoms with Crippen LogP contribution in [0.3, 0.4) is 0 Å². The number of aromatic amines is 1. The zero-order chi connectivity index (χ0) is 17.4. The Kier molecular flexibility index (Phi) is 4.44. The molecule has 2 saturated heterocycles. The smallest absolute Gasteiger partial charge is 0.259 e. The molecule has 1 spiro atoms. The highest BCUT2D eigenvalue weighted by molar-refractivity contribution is 5.94. The van der Waals surface area contributed by atoms with E-state index in [1.54, 1.807) is 6.20 Å². The van der Waals surface area contributed by atoms with Crippen molar-refractivity contribution in [3.63, 3.8) is 0 Å². The monoisotopic (exact) mass is 343 g/mol. The molecule has 5 nitrogen and oxygen atoms in total. The van der Waals surface area contributed by atoms with Gasteiger partial charge < -0.3 is 14.8 Å². The molecule has 3 aliphatic rings. The molecule has 5 heteroatoms. The van der Waals surface area contributed by atoms with Crippen molar-refractivity contribution < 1.29 is 4.79 Å². The number of aryl methyl sites for hydroxylation is 1. The molecular formula is C20H29N3O2. The van der Waals surface area contributed by atoms with Gasteiger partial charge in [0.1, 0.15) is 5.56 Å². The number of hydrogen-bond acceptors (Lipinski definition) is 3. The molecule has 1 aromatic heterocycles. The van der Waals surface area contributed by atoms with Crippen LogP contribution in [0.1, 0.15) is 54.6 Å². The number of carbonyl (C=O) groups excluding carboxylic acids is 1. The van der Waals surface area contributed by atoms with E-state index in [1.165, 1.54) is 51.3 Å². The van der Waals surface area contributed by atoms with Gasteiger partial charge in [-0.25, -0.2) is 0 Å². The summed E-state index contributed by atoms with van der Waals surface area (Å²) < 4.78 is 0. The molecular weight excluding hydrogens is 314 g/mol. The number of nitrogens with one attached hydrogen (secondary N) is 1. The number of likely N-dealkylation sites (tertiary alicyclic amines) is 2. The summed E-state index contributed by atoms with van der Waals surface area (Å²) in [6, 6.07) is 1.51. The second-order valence-corrected chi connectivity index (χ2v) is 8.51. The van der Waals surface area contributed by atoms with Crippen LogP contribution in [0.4, 0.5) is 0 Å². The molecule has 2 aliphatic heterocycles. The molecule has 1 saturated carbocycles. The van der Waals surface area contributed by atoms with Gasteiger partial charge in [0, 0.05) is 49.6 Å². The van der Waals surface area contributed by atoms with Gasteiger partial charge in [0.05, 0.1) is 0 Å². The zero-order valence-electron chi connectivity index (χ0n) is 15.2. The lowest BCUT2D eigenvalue weighted by Gasteiger charge is -2.43. The molecule has 1 atom stereocenters. The maximum atomic E-state index is 12.8. The molecule has 1 amide bonds. The standard InChI is InChI=1S/C20H29N3O2/c1-15-10-18(24)17(11-21-15)19(25)23-9-7-20(14-23)6-3-8-22(13-20)12-16-4-2-5-16/h10-11,16H,2-9,12-14H2,1H3,(H,21,24)/t20-/m1/s1. The lowest BCUT2D eigenvalue weighted by molar-refractivity contribution is 0.0594. The van der Waals surface area contributed by atoms with Crippen molar-refractivity contribution in [2.24, 2.45) is 11.3 Å². The van der Waals surface area contributed by atoms with E-state index in [-0.39, 0.29) is 22.3 Å². The number of carbonyl (C=O) groups is 1. The highest BCUT2D eigenvalue weighted by Crippen LogP contribution is 2.40. The summed E-state index contributed by atoms with van der Waals surface area (Å²) in [4.78, 5) is 32.5. The topological polar surface area (TPSA) is 56.4 Å². The van der Waals surface area contributed by atoms with Crippen LogP contribution in [0, 0.1) is 18.3 Å². The number of aromatic nitrogens is 1. The minimum absolute atomic E-state index is 0.103. The molecule has 25 heavy (non-hydrogen) atoms. The normalized spacial score (nSPS) is 27.6. The Labute approximate surface area is 149 Å². The lowest BCUT2D eigenvalue weighted by atomic mass is 9.78. The van der Waals surface area contributed by atoms with Crippen LogP contribution in [0.15, 0.2) is 17.1 Å². The number of piperidine rings is 1. The Bertz CT molecular complexity index is 709. The Morgan fingerprint density at radius 1 is 1.24 bits per heavy atom. The van der Waals surface area contributed by atoms with Gasteiger partial charge in [-0.3, -0.25) is 9.59 Å². The largest absolute Gasteiger partial charge is 0.364 e. The van der Waals surface area contributed by atoms with Gasteiger partial charge in [0.2, 0.25) is 0 Å². The van der Waals surface area contributed by atoms with Gasteiger partial charge in [0.25, 0.3) is 5.91 Å². The minimum Gasteiger partial charge on any atom is -0.364 e. The first kappa shape index (κ1) is 16.8. The first-order chi connectivity index (χ1) is 12.0. The summed E-state index contributed by atoms with van der Waals surface area (Å²) in [5, 5.41) is 0. The third-order valence-corrected chi connectivity index (χ3v) is 6.49. The lowest BCUT2D eigenvalue weighted by Crippen LogP contribution is -2.47. The van der Waals surface area contributed by atoms with Crippen LogP contribution in [0.2, 0.25) is 0 Å². The predicted octanol–water partition coefficient (Wildman–Crippen LogP) is 2.41. The van der Waals surface area contributed by atoms with Crippen LogP contribution < -0.4 is 5.43 Å². The molecule has 1 aliphatic carbocycles. The molecule has 1 aromatic rings. The highest BCUT2D eigenvalue weighted by Gasteiger charge is 2.43. The van der Waals surface area contributed by atoms with Gasteiger partial charge in [-0.15, -0.1) is 0 Å². The van der Waals surface area contributed by atoms with E-state index in [4.69, 9.17) is 0 Å². The fraction of sp³-hybridized carbons (Fsp3) is 0.700. The number of rotatable bonds is 3. The third kappa shape index (κ3) is 3.39. The van der Waals surface area contributed by atoms with Crippen molar-refractivity contribution in [2.45, 2.75) is 45.4 Å². The van der Waals surface area contributed by atoms with E-state index in [0.717, 1.165) is 37.7 Å². The van der Waals surface area contributed by atoms with Gasteiger partial charge >= 0.3 is 0 Å². The number of nitrogens with zero attached hydrogens (tertiary/aromatic N) is 2.